The third kappa shape index (κ3) is 3.46. The lowest BCUT2D eigenvalue weighted by Crippen LogP contribution is -2.02. The number of anilines is 1. The zero-order chi connectivity index (χ0) is 13.8. The molecule has 0 radical (unpaired) electrons. The first-order valence-electron chi connectivity index (χ1n) is 5.47. The highest BCUT2D eigenvalue weighted by molar-refractivity contribution is 9.10. The number of benzene rings is 2. The van der Waals surface area contributed by atoms with Crippen molar-refractivity contribution >= 4 is 33.2 Å². The monoisotopic (exact) mass is 338 g/mol. The second-order valence-electron chi connectivity index (χ2n) is 3.90. The summed E-state index contributed by atoms with van der Waals surface area (Å²) in [5, 5.41) is 12.4. The molecule has 0 spiro atoms. The van der Waals surface area contributed by atoms with E-state index >= 15 is 0 Å². The summed E-state index contributed by atoms with van der Waals surface area (Å²) in [6.45, 7) is 0.291. The van der Waals surface area contributed by atoms with E-state index in [1.54, 1.807) is 6.07 Å². The van der Waals surface area contributed by atoms with Crippen molar-refractivity contribution in [2.24, 2.45) is 0 Å². The van der Waals surface area contributed by atoms with Crippen molar-refractivity contribution in [3.63, 3.8) is 0 Å². The highest BCUT2D eigenvalue weighted by Crippen LogP contribution is 2.25. The molecule has 0 aromatic heterocycles. The normalized spacial score (nSPS) is 10.0. The zero-order valence-corrected chi connectivity index (χ0v) is 12.1. The topological polar surface area (TPSA) is 35.8 Å². The highest BCUT2D eigenvalue weighted by Gasteiger charge is 2.04. The van der Waals surface area contributed by atoms with Crippen LogP contribution in [0.5, 0.6) is 0 Å². The zero-order valence-electron chi connectivity index (χ0n) is 9.75. The lowest BCUT2D eigenvalue weighted by molar-refractivity contribution is 0.612. The van der Waals surface area contributed by atoms with Gasteiger partial charge in [0.2, 0.25) is 0 Å². The molecule has 2 nitrogen and oxygen atoms in total. The predicted molar refractivity (Wildman–Crippen MR) is 77.6 cm³/mol. The minimum Gasteiger partial charge on any atom is -0.381 e. The summed E-state index contributed by atoms with van der Waals surface area (Å²) < 4.78 is 14.4. The van der Waals surface area contributed by atoms with Crippen LogP contribution in [0.4, 0.5) is 10.1 Å². The number of nitrogens with zero attached hydrogens (tertiary/aromatic N) is 1. The SMILES string of the molecule is N#Cc1ccc(F)c(CNc2ccc(Br)c(Cl)c2)c1. The van der Waals surface area contributed by atoms with E-state index in [0.29, 0.717) is 22.7 Å². The Morgan fingerprint density at radius 3 is 2.74 bits per heavy atom. The molecule has 96 valence electrons. The van der Waals surface area contributed by atoms with Crippen LogP contribution in [0.3, 0.4) is 0 Å². The molecular weight excluding hydrogens is 331 g/mol. The van der Waals surface area contributed by atoms with Crippen LogP contribution < -0.4 is 5.32 Å². The van der Waals surface area contributed by atoms with Crippen molar-refractivity contribution in [1.29, 1.82) is 5.26 Å². The molecule has 0 saturated heterocycles. The van der Waals surface area contributed by atoms with Gasteiger partial charge in [0.1, 0.15) is 5.82 Å². The summed E-state index contributed by atoms with van der Waals surface area (Å²) >= 11 is 9.27. The van der Waals surface area contributed by atoms with Gasteiger partial charge in [0, 0.05) is 22.3 Å². The Morgan fingerprint density at radius 1 is 1.26 bits per heavy atom. The van der Waals surface area contributed by atoms with E-state index < -0.39 is 0 Å². The van der Waals surface area contributed by atoms with Crippen LogP contribution >= 0.6 is 27.5 Å². The Bertz CT molecular complexity index is 652. The lowest BCUT2D eigenvalue weighted by atomic mass is 10.1. The molecule has 5 heteroatoms. The summed E-state index contributed by atoms with van der Waals surface area (Å²) in [5.41, 5.74) is 1.67. The van der Waals surface area contributed by atoms with Crippen molar-refractivity contribution in [3.05, 3.63) is 62.8 Å². The van der Waals surface area contributed by atoms with Gasteiger partial charge in [-0.3, -0.25) is 0 Å². The van der Waals surface area contributed by atoms with Crippen LogP contribution in [0.1, 0.15) is 11.1 Å². The molecule has 0 aliphatic rings. The number of nitrogens with one attached hydrogen (secondary N) is 1. The molecule has 0 saturated carbocycles. The van der Waals surface area contributed by atoms with Gasteiger partial charge in [-0.1, -0.05) is 11.6 Å². The lowest BCUT2D eigenvalue weighted by Gasteiger charge is -2.08. The quantitative estimate of drug-likeness (QED) is 0.878. The maximum absolute atomic E-state index is 13.6. The van der Waals surface area contributed by atoms with Gasteiger partial charge in [0.05, 0.1) is 16.7 Å². The molecular formula is C14H9BrClFN2. The van der Waals surface area contributed by atoms with Crippen molar-refractivity contribution in [3.8, 4) is 6.07 Å². The minimum absolute atomic E-state index is 0.291. The maximum atomic E-state index is 13.6. The van der Waals surface area contributed by atoms with Crippen molar-refractivity contribution < 1.29 is 4.39 Å². The van der Waals surface area contributed by atoms with E-state index in [9.17, 15) is 4.39 Å². The minimum atomic E-state index is -0.338. The molecule has 2 aromatic carbocycles. The Hall–Kier alpha value is -1.57. The molecule has 0 amide bonds. The fraction of sp³-hybridized carbons (Fsp3) is 0.0714. The molecule has 0 heterocycles. The van der Waals surface area contributed by atoms with Gasteiger partial charge in [0.25, 0.3) is 0 Å². The fourth-order valence-corrected chi connectivity index (χ4v) is 2.01. The Labute approximate surface area is 123 Å². The van der Waals surface area contributed by atoms with Gasteiger partial charge in [-0.2, -0.15) is 5.26 Å². The molecule has 0 aliphatic carbocycles. The Morgan fingerprint density at radius 2 is 2.05 bits per heavy atom. The average molecular weight is 340 g/mol. The molecule has 0 unspecified atom stereocenters. The number of halogens is 3. The van der Waals surface area contributed by atoms with Crippen LogP contribution in [-0.2, 0) is 6.54 Å². The number of rotatable bonds is 3. The highest BCUT2D eigenvalue weighted by atomic mass is 79.9. The van der Waals surface area contributed by atoms with E-state index in [2.05, 4.69) is 21.2 Å². The smallest absolute Gasteiger partial charge is 0.128 e. The molecule has 0 atom stereocenters. The molecule has 19 heavy (non-hydrogen) atoms. The van der Waals surface area contributed by atoms with Gasteiger partial charge in [-0.15, -0.1) is 0 Å². The predicted octanol–water partition coefficient (Wildman–Crippen LogP) is 4.73. The Balaban J connectivity index is 2.14. The second-order valence-corrected chi connectivity index (χ2v) is 5.16. The van der Waals surface area contributed by atoms with Crippen LogP contribution in [-0.4, -0.2) is 0 Å². The van der Waals surface area contributed by atoms with E-state index in [1.807, 2.05) is 18.2 Å². The number of nitriles is 1. The molecule has 0 aliphatic heterocycles. The van der Waals surface area contributed by atoms with E-state index in [-0.39, 0.29) is 5.82 Å². The summed E-state index contributed by atoms with van der Waals surface area (Å²) in [6.07, 6.45) is 0. The third-order valence-corrected chi connectivity index (χ3v) is 3.81. The van der Waals surface area contributed by atoms with Crippen molar-refractivity contribution in [2.45, 2.75) is 6.54 Å². The first kappa shape index (κ1) is 13.9. The second kappa shape index (κ2) is 6.05. The maximum Gasteiger partial charge on any atom is 0.128 e. The third-order valence-electron chi connectivity index (χ3n) is 2.58. The number of hydrogen-bond acceptors (Lipinski definition) is 2. The number of hydrogen-bond donors (Lipinski definition) is 1. The molecule has 0 fully saturated rings. The van der Waals surface area contributed by atoms with Crippen molar-refractivity contribution in [2.75, 3.05) is 5.32 Å². The van der Waals surface area contributed by atoms with E-state index in [0.717, 1.165) is 10.2 Å². The molecule has 1 N–H and O–H groups in total. The summed E-state index contributed by atoms with van der Waals surface area (Å²) in [5.74, 6) is -0.338. The van der Waals surface area contributed by atoms with E-state index in [4.69, 9.17) is 16.9 Å². The first-order valence-corrected chi connectivity index (χ1v) is 6.64. The summed E-state index contributed by atoms with van der Waals surface area (Å²) in [6, 6.07) is 11.7. The van der Waals surface area contributed by atoms with Gasteiger partial charge >= 0.3 is 0 Å². The van der Waals surface area contributed by atoms with Gasteiger partial charge in [-0.25, -0.2) is 4.39 Å². The molecule has 2 rings (SSSR count). The fourth-order valence-electron chi connectivity index (χ4n) is 1.58. The van der Waals surface area contributed by atoms with E-state index in [1.165, 1.54) is 18.2 Å². The van der Waals surface area contributed by atoms with Crippen LogP contribution in [0, 0.1) is 17.1 Å². The first-order chi connectivity index (χ1) is 9.10. The standard InChI is InChI=1S/C14H9BrClFN2/c15-12-3-2-11(6-13(12)16)19-8-10-5-9(7-18)1-4-14(10)17/h1-6,19H,8H2. The largest absolute Gasteiger partial charge is 0.381 e. The van der Waals surface area contributed by atoms with Gasteiger partial charge in [-0.05, 0) is 52.3 Å². The summed E-state index contributed by atoms with van der Waals surface area (Å²) in [4.78, 5) is 0. The molecule has 2 aromatic rings. The summed E-state index contributed by atoms with van der Waals surface area (Å²) in [7, 11) is 0. The van der Waals surface area contributed by atoms with Crippen LogP contribution in [0.25, 0.3) is 0 Å². The van der Waals surface area contributed by atoms with Gasteiger partial charge < -0.3 is 5.32 Å². The average Bonchev–Trinajstić information content (AvgIpc) is 2.41. The van der Waals surface area contributed by atoms with Crippen LogP contribution in [0.2, 0.25) is 5.02 Å². The van der Waals surface area contributed by atoms with Crippen LogP contribution in [0.15, 0.2) is 40.9 Å². The molecule has 0 bridgehead atoms. The Kier molecular flexibility index (Phi) is 4.41. The van der Waals surface area contributed by atoms with Crippen molar-refractivity contribution in [1.82, 2.24) is 0 Å². The van der Waals surface area contributed by atoms with Gasteiger partial charge in [0.15, 0.2) is 0 Å².